The minimum absolute atomic E-state index is 0.0418. The fraction of sp³-hybridized carbons (Fsp3) is 0.833. The highest BCUT2D eigenvalue weighted by Gasteiger charge is 2.27. The van der Waals surface area contributed by atoms with Crippen molar-refractivity contribution in [1.82, 2.24) is 9.80 Å². The van der Waals surface area contributed by atoms with Gasteiger partial charge in [-0.3, -0.25) is 4.79 Å². The third kappa shape index (κ3) is 4.52. The maximum atomic E-state index is 12.1. The Morgan fingerprint density at radius 3 is 2.72 bits per heavy atom. The van der Waals surface area contributed by atoms with E-state index in [1.807, 2.05) is 0 Å². The van der Waals surface area contributed by atoms with E-state index in [1.54, 1.807) is 18.9 Å². The van der Waals surface area contributed by atoms with Crippen LogP contribution >= 0.6 is 0 Å². The van der Waals surface area contributed by atoms with Gasteiger partial charge in [0.1, 0.15) is 0 Å². The first-order chi connectivity index (χ1) is 8.40. The van der Waals surface area contributed by atoms with Gasteiger partial charge in [-0.15, -0.1) is 0 Å². The van der Waals surface area contributed by atoms with Crippen LogP contribution in [0.4, 0.5) is 4.79 Å². The van der Waals surface area contributed by atoms with Crippen molar-refractivity contribution in [2.45, 2.75) is 32.3 Å². The van der Waals surface area contributed by atoms with Crippen LogP contribution < -0.4 is 0 Å². The molecule has 104 valence electrons. The molecule has 1 rings (SSSR count). The number of carbonyl (C=O) groups excluding carboxylic acids is 1. The molecule has 0 aromatic carbocycles. The first-order valence-corrected chi connectivity index (χ1v) is 6.30. The second-order valence-electron chi connectivity index (χ2n) is 5.06. The number of carboxylic acid groups (broad SMARTS) is 1. The summed E-state index contributed by atoms with van der Waals surface area (Å²) < 4.78 is 0. The molecule has 0 aromatic heterocycles. The van der Waals surface area contributed by atoms with Crippen molar-refractivity contribution in [3.63, 3.8) is 0 Å². The Morgan fingerprint density at radius 1 is 1.50 bits per heavy atom. The molecule has 2 N–H and O–H groups in total. The number of rotatable bonds is 4. The second-order valence-corrected chi connectivity index (χ2v) is 5.06. The van der Waals surface area contributed by atoms with Gasteiger partial charge in [0.15, 0.2) is 0 Å². The Hall–Kier alpha value is -1.30. The predicted molar refractivity (Wildman–Crippen MR) is 66.3 cm³/mol. The average molecular weight is 258 g/mol. The molecule has 0 radical (unpaired) electrons. The van der Waals surface area contributed by atoms with E-state index < -0.39 is 12.1 Å². The summed E-state index contributed by atoms with van der Waals surface area (Å²) in [5.41, 5.74) is 0. The summed E-state index contributed by atoms with van der Waals surface area (Å²) in [7, 11) is 1.65. The molecule has 0 spiro atoms. The van der Waals surface area contributed by atoms with Crippen molar-refractivity contribution in [2.24, 2.45) is 5.92 Å². The van der Waals surface area contributed by atoms with Crippen LogP contribution in [0, 0.1) is 5.92 Å². The number of likely N-dealkylation sites (tertiary alicyclic amines) is 1. The van der Waals surface area contributed by atoms with Crippen LogP contribution in [0.15, 0.2) is 0 Å². The van der Waals surface area contributed by atoms with Gasteiger partial charge in [0, 0.05) is 33.1 Å². The summed E-state index contributed by atoms with van der Waals surface area (Å²) in [4.78, 5) is 25.9. The highest BCUT2D eigenvalue weighted by Crippen LogP contribution is 2.20. The standard InChI is InChI=1S/C12H22N2O4/c1-9(15)7-13(2)12(18)14-5-3-4-10(8-14)6-11(16)17/h9-10,15H,3-8H2,1-2H3,(H,16,17). The molecule has 0 aliphatic carbocycles. The van der Waals surface area contributed by atoms with Gasteiger partial charge in [-0.05, 0) is 25.7 Å². The molecule has 2 atom stereocenters. The second kappa shape index (κ2) is 6.58. The summed E-state index contributed by atoms with van der Waals surface area (Å²) in [6, 6.07) is -0.133. The van der Waals surface area contributed by atoms with Crippen molar-refractivity contribution >= 4 is 12.0 Å². The van der Waals surface area contributed by atoms with Gasteiger partial charge in [0.25, 0.3) is 0 Å². The molecule has 2 unspecified atom stereocenters. The molecular formula is C12H22N2O4. The normalized spacial score (nSPS) is 21.5. The SMILES string of the molecule is CC(O)CN(C)C(=O)N1CCCC(CC(=O)O)C1. The van der Waals surface area contributed by atoms with Crippen molar-refractivity contribution in [3.8, 4) is 0 Å². The van der Waals surface area contributed by atoms with Crippen molar-refractivity contribution < 1.29 is 19.8 Å². The Bertz CT molecular complexity index is 306. The van der Waals surface area contributed by atoms with Crippen molar-refractivity contribution in [3.05, 3.63) is 0 Å². The number of carboxylic acids is 1. The monoisotopic (exact) mass is 258 g/mol. The van der Waals surface area contributed by atoms with Crippen LogP contribution in [0.2, 0.25) is 0 Å². The van der Waals surface area contributed by atoms with E-state index in [2.05, 4.69) is 0 Å². The zero-order valence-corrected chi connectivity index (χ0v) is 11.0. The van der Waals surface area contributed by atoms with Crippen molar-refractivity contribution in [1.29, 1.82) is 0 Å². The largest absolute Gasteiger partial charge is 0.481 e. The predicted octanol–water partition coefficient (Wildman–Crippen LogP) is 0.606. The highest BCUT2D eigenvalue weighted by atomic mass is 16.4. The number of amides is 2. The Kier molecular flexibility index (Phi) is 5.40. The van der Waals surface area contributed by atoms with Crippen LogP contribution in [-0.4, -0.2) is 64.8 Å². The number of piperidine rings is 1. The van der Waals surface area contributed by atoms with Gasteiger partial charge in [-0.25, -0.2) is 4.79 Å². The van der Waals surface area contributed by atoms with E-state index in [-0.39, 0.29) is 18.4 Å². The van der Waals surface area contributed by atoms with Crippen LogP contribution in [0.5, 0.6) is 0 Å². The van der Waals surface area contributed by atoms with Crippen LogP contribution in [0.1, 0.15) is 26.2 Å². The number of hydrogen-bond acceptors (Lipinski definition) is 3. The Morgan fingerprint density at radius 2 is 2.17 bits per heavy atom. The maximum Gasteiger partial charge on any atom is 0.319 e. The first kappa shape index (κ1) is 14.8. The van der Waals surface area contributed by atoms with E-state index >= 15 is 0 Å². The summed E-state index contributed by atoms with van der Waals surface area (Å²) in [5.74, 6) is -0.771. The zero-order chi connectivity index (χ0) is 13.7. The van der Waals surface area contributed by atoms with Gasteiger partial charge in [0.05, 0.1) is 6.10 Å². The Labute approximate surface area is 107 Å². The van der Waals surface area contributed by atoms with Gasteiger partial charge in [-0.1, -0.05) is 0 Å². The van der Waals surface area contributed by atoms with E-state index in [4.69, 9.17) is 5.11 Å². The molecule has 1 saturated heterocycles. The number of hydrogen-bond donors (Lipinski definition) is 2. The lowest BCUT2D eigenvalue weighted by atomic mass is 9.95. The molecule has 1 aliphatic heterocycles. The van der Waals surface area contributed by atoms with E-state index in [9.17, 15) is 14.7 Å². The molecule has 0 saturated carbocycles. The van der Waals surface area contributed by atoms with Crippen LogP contribution in [0.3, 0.4) is 0 Å². The average Bonchev–Trinajstić information content (AvgIpc) is 2.26. The number of likely N-dealkylation sites (N-methyl/N-ethyl adjacent to an activating group) is 1. The van der Waals surface area contributed by atoms with E-state index in [0.717, 1.165) is 12.8 Å². The summed E-state index contributed by atoms with van der Waals surface area (Å²) in [6.45, 7) is 3.08. The number of urea groups is 1. The quantitative estimate of drug-likeness (QED) is 0.774. The summed E-state index contributed by atoms with van der Waals surface area (Å²) in [6.07, 6.45) is 1.25. The molecule has 6 heteroatoms. The smallest absolute Gasteiger partial charge is 0.319 e. The van der Waals surface area contributed by atoms with Crippen LogP contribution in [-0.2, 0) is 4.79 Å². The molecule has 1 heterocycles. The molecule has 1 fully saturated rings. The third-order valence-corrected chi connectivity index (χ3v) is 3.12. The highest BCUT2D eigenvalue weighted by molar-refractivity contribution is 5.74. The first-order valence-electron chi connectivity index (χ1n) is 6.30. The van der Waals surface area contributed by atoms with Gasteiger partial charge in [0.2, 0.25) is 0 Å². The number of carbonyl (C=O) groups is 2. The minimum Gasteiger partial charge on any atom is -0.481 e. The molecule has 1 aliphatic rings. The van der Waals surface area contributed by atoms with E-state index in [1.165, 1.54) is 4.90 Å². The lowest BCUT2D eigenvalue weighted by Crippen LogP contribution is -2.48. The lowest BCUT2D eigenvalue weighted by Gasteiger charge is -2.35. The number of aliphatic hydroxyl groups excluding tert-OH is 1. The molecule has 18 heavy (non-hydrogen) atoms. The number of aliphatic carboxylic acids is 1. The van der Waals surface area contributed by atoms with Crippen LogP contribution in [0.25, 0.3) is 0 Å². The summed E-state index contributed by atoms with van der Waals surface area (Å²) in [5, 5.41) is 18.0. The number of aliphatic hydroxyl groups is 1. The topological polar surface area (TPSA) is 81.1 Å². The molecule has 2 amide bonds. The Balaban J connectivity index is 2.49. The van der Waals surface area contributed by atoms with Gasteiger partial charge < -0.3 is 20.0 Å². The summed E-state index contributed by atoms with van der Waals surface area (Å²) >= 11 is 0. The fourth-order valence-corrected chi connectivity index (χ4v) is 2.37. The molecule has 6 nitrogen and oxygen atoms in total. The zero-order valence-electron chi connectivity index (χ0n) is 11.0. The lowest BCUT2D eigenvalue weighted by molar-refractivity contribution is -0.138. The van der Waals surface area contributed by atoms with Gasteiger partial charge in [-0.2, -0.15) is 0 Å². The number of nitrogens with zero attached hydrogens (tertiary/aromatic N) is 2. The van der Waals surface area contributed by atoms with Crippen molar-refractivity contribution in [2.75, 3.05) is 26.7 Å². The molecule has 0 bridgehead atoms. The molecule has 0 aromatic rings. The van der Waals surface area contributed by atoms with Gasteiger partial charge >= 0.3 is 12.0 Å². The van der Waals surface area contributed by atoms with E-state index in [0.29, 0.717) is 19.6 Å². The molecular weight excluding hydrogens is 236 g/mol. The maximum absolute atomic E-state index is 12.1. The minimum atomic E-state index is -0.813. The third-order valence-electron chi connectivity index (χ3n) is 3.12. The fourth-order valence-electron chi connectivity index (χ4n) is 2.37.